The lowest BCUT2D eigenvalue weighted by molar-refractivity contribution is -0.134. The van der Waals surface area contributed by atoms with Crippen LogP contribution in [-0.2, 0) is 30.5 Å². The van der Waals surface area contributed by atoms with E-state index in [1.54, 1.807) is 10.6 Å². The SMILES string of the molecule is O=C(O)c1ccc2nc(Cc3cc(F)c(-c4cccc(OCc5ccc(C(F)(F)F)s5)n4)cc3F)n(C[C@@H]3CCO3)c2c1. The van der Waals surface area contributed by atoms with Gasteiger partial charge in [-0.2, -0.15) is 13.2 Å². The molecule has 1 atom stereocenters. The molecule has 1 aliphatic heterocycles. The van der Waals surface area contributed by atoms with Gasteiger partial charge >= 0.3 is 12.1 Å². The fourth-order valence-electron chi connectivity index (χ4n) is 4.76. The van der Waals surface area contributed by atoms with Gasteiger partial charge in [0.1, 0.15) is 28.9 Å². The fourth-order valence-corrected chi connectivity index (χ4v) is 5.55. The Balaban J connectivity index is 1.25. The number of pyridine rings is 1. The highest BCUT2D eigenvalue weighted by Crippen LogP contribution is 2.35. The zero-order valence-corrected chi connectivity index (χ0v) is 23.0. The number of carboxylic acids is 1. The van der Waals surface area contributed by atoms with Gasteiger partial charge in [0.05, 0.1) is 34.9 Å². The van der Waals surface area contributed by atoms with Crippen molar-refractivity contribution in [1.82, 2.24) is 14.5 Å². The molecule has 0 bridgehead atoms. The summed E-state index contributed by atoms with van der Waals surface area (Å²) in [6.45, 7) is 0.826. The number of rotatable bonds is 9. The van der Waals surface area contributed by atoms with Crippen molar-refractivity contribution in [3.8, 4) is 17.1 Å². The minimum atomic E-state index is -4.45. The lowest BCUT2D eigenvalue weighted by Crippen LogP contribution is -2.31. The number of thiophene rings is 1. The number of aromatic nitrogens is 3. The molecule has 1 fully saturated rings. The Bertz CT molecular complexity index is 1830. The van der Waals surface area contributed by atoms with Gasteiger partial charge in [-0.25, -0.2) is 23.5 Å². The molecule has 13 heteroatoms. The van der Waals surface area contributed by atoms with Crippen LogP contribution in [0, 0.1) is 11.6 Å². The molecule has 0 radical (unpaired) electrons. The molecule has 7 nitrogen and oxygen atoms in total. The Kier molecular flexibility index (Phi) is 7.61. The van der Waals surface area contributed by atoms with Crippen LogP contribution in [0.5, 0.6) is 5.88 Å². The summed E-state index contributed by atoms with van der Waals surface area (Å²) in [6, 6.07) is 13.3. The third kappa shape index (κ3) is 6.09. The summed E-state index contributed by atoms with van der Waals surface area (Å²) in [5, 5.41) is 9.43. The predicted octanol–water partition coefficient (Wildman–Crippen LogP) is 7.11. The average molecular weight is 616 g/mol. The number of imidazole rings is 1. The molecule has 0 unspecified atom stereocenters. The van der Waals surface area contributed by atoms with Gasteiger partial charge in [0.25, 0.3) is 0 Å². The molecule has 43 heavy (non-hydrogen) atoms. The summed E-state index contributed by atoms with van der Waals surface area (Å²) in [7, 11) is 0. The molecular weight excluding hydrogens is 593 g/mol. The number of fused-ring (bicyclic) bond motifs is 1. The van der Waals surface area contributed by atoms with E-state index in [2.05, 4.69) is 9.97 Å². The Morgan fingerprint density at radius 1 is 1.07 bits per heavy atom. The standard InChI is InChI=1S/C30H22F5N3O4S/c31-21-13-20(23-2-1-3-28(37-23)42-15-19-5-7-26(43-19)30(33,34)35)22(32)10-17(21)12-27-36-24-6-4-16(29(39)40)11-25(24)38(27)14-18-8-9-41-18/h1-7,10-11,13,18H,8-9,12,14-15H2,(H,39,40)/t18-/m0/s1. The number of ether oxygens (including phenoxy) is 2. The van der Waals surface area contributed by atoms with Crippen molar-refractivity contribution >= 4 is 28.3 Å². The number of hydrogen-bond acceptors (Lipinski definition) is 6. The number of carbonyl (C=O) groups is 1. The summed E-state index contributed by atoms with van der Waals surface area (Å²) >= 11 is 0.551. The monoisotopic (exact) mass is 615 g/mol. The van der Waals surface area contributed by atoms with E-state index in [1.807, 2.05) is 0 Å². The Morgan fingerprint density at radius 2 is 1.88 bits per heavy atom. The van der Waals surface area contributed by atoms with Crippen LogP contribution >= 0.6 is 11.3 Å². The second-order valence-corrected chi connectivity index (χ2v) is 11.1. The second kappa shape index (κ2) is 11.4. The second-order valence-electron chi connectivity index (χ2n) is 9.94. The summed E-state index contributed by atoms with van der Waals surface area (Å²) in [5.41, 5.74) is 1.16. The van der Waals surface area contributed by atoms with Crippen molar-refractivity contribution in [2.24, 2.45) is 0 Å². The number of hydrogen-bond donors (Lipinski definition) is 1. The Hall–Kier alpha value is -4.36. The smallest absolute Gasteiger partial charge is 0.425 e. The Morgan fingerprint density at radius 3 is 2.58 bits per heavy atom. The number of halogens is 5. The van der Waals surface area contributed by atoms with Gasteiger partial charge in [-0.05, 0) is 60.5 Å². The molecule has 6 rings (SSSR count). The van der Waals surface area contributed by atoms with Gasteiger partial charge < -0.3 is 19.1 Å². The lowest BCUT2D eigenvalue weighted by Gasteiger charge is -2.27. The fraction of sp³-hybridized carbons (Fsp3) is 0.233. The van der Waals surface area contributed by atoms with E-state index in [0.29, 0.717) is 46.2 Å². The van der Waals surface area contributed by atoms with E-state index in [4.69, 9.17) is 9.47 Å². The van der Waals surface area contributed by atoms with Crippen molar-refractivity contribution < 1.29 is 41.3 Å². The summed E-state index contributed by atoms with van der Waals surface area (Å²) < 4.78 is 82.2. The largest absolute Gasteiger partial charge is 0.478 e. The number of aromatic carboxylic acids is 1. The minimum absolute atomic E-state index is 0.0380. The van der Waals surface area contributed by atoms with E-state index in [9.17, 15) is 23.1 Å². The number of carboxylic acid groups (broad SMARTS) is 1. The molecule has 2 aromatic carbocycles. The maximum Gasteiger partial charge on any atom is 0.425 e. The van der Waals surface area contributed by atoms with Gasteiger partial charge in [0.2, 0.25) is 5.88 Å². The van der Waals surface area contributed by atoms with E-state index < -0.39 is 28.7 Å². The number of alkyl halides is 3. The van der Waals surface area contributed by atoms with Gasteiger partial charge in [-0.3, -0.25) is 0 Å². The quantitative estimate of drug-likeness (QED) is 0.178. The molecule has 1 N–H and O–H groups in total. The van der Waals surface area contributed by atoms with Crippen LogP contribution in [0.25, 0.3) is 22.3 Å². The third-order valence-electron chi connectivity index (χ3n) is 7.04. The number of nitrogens with zero attached hydrogens (tertiary/aromatic N) is 3. The maximum atomic E-state index is 15.4. The predicted molar refractivity (Wildman–Crippen MR) is 147 cm³/mol. The Labute approximate surface area is 245 Å². The van der Waals surface area contributed by atoms with Crippen LogP contribution in [0.3, 0.4) is 0 Å². The van der Waals surface area contributed by atoms with Crippen LogP contribution < -0.4 is 4.74 Å². The molecule has 5 aromatic rings. The van der Waals surface area contributed by atoms with Crippen LogP contribution in [-0.4, -0.2) is 38.3 Å². The van der Waals surface area contributed by atoms with E-state index in [-0.39, 0.29) is 47.4 Å². The molecule has 0 aliphatic carbocycles. The highest BCUT2D eigenvalue weighted by molar-refractivity contribution is 7.12. The van der Waals surface area contributed by atoms with Crippen molar-refractivity contribution in [2.45, 2.75) is 38.3 Å². The molecule has 4 heterocycles. The van der Waals surface area contributed by atoms with Crippen molar-refractivity contribution in [1.29, 1.82) is 0 Å². The normalized spacial score (nSPS) is 15.0. The lowest BCUT2D eigenvalue weighted by atomic mass is 10.0. The molecule has 0 amide bonds. The summed E-state index contributed by atoms with van der Waals surface area (Å²) in [5.74, 6) is -2.07. The molecule has 0 saturated carbocycles. The van der Waals surface area contributed by atoms with Crippen LogP contribution in [0.4, 0.5) is 22.0 Å². The minimum Gasteiger partial charge on any atom is -0.478 e. The van der Waals surface area contributed by atoms with Crippen LogP contribution in [0.1, 0.15) is 37.9 Å². The molecule has 3 aromatic heterocycles. The van der Waals surface area contributed by atoms with E-state index in [1.165, 1.54) is 36.4 Å². The van der Waals surface area contributed by atoms with Gasteiger partial charge in [0, 0.05) is 29.5 Å². The van der Waals surface area contributed by atoms with Gasteiger partial charge in [-0.1, -0.05) is 6.07 Å². The van der Waals surface area contributed by atoms with Crippen molar-refractivity contribution in [3.63, 3.8) is 0 Å². The first-order chi connectivity index (χ1) is 20.5. The first-order valence-electron chi connectivity index (χ1n) is 13.1. The van der Waals surface area contributed by atoms with E-state index >= 15 is 8.78 Å². The van der Waals surface area contributed by atoms with Crippen LogP contribution in [0.15, 0.2) is 60.7 Å². The molecule has 1 aliphatic rings. The highest BCUT2D eigenvalue weighted by atomic mass is 32.1. The third-order valence-corrected chi connectivity index (χ3v) is 8.14. The van der Waals surface area contributed by atoms with Crippen molar-refractivity contribution in [2.75, 3.05) is 6.61 Å². The van der Waals surface area contributed by atoms with Crippen molar-refractivity contribution in [3.05, 3.63) is 99.0 Å². The average Bonchev–Trinajstić information content (AvgIpc) is 3.56. The summed E-state index contributed by atoms with van der Waals surface area (Å²) in [4.78, 5) is 19.9. The maximum absolute atomic E-state index is 15.4. The van der Waals surface area contributed by atoms with Crippen LogP contribution in [0.2, 0.25) is 0 Å². The molecule has 0 spiro atoms. The zero-order valence-electron chi connectivity index (χ0n) is 22.2. The van der Waals surface area contributed by atoms with Gasteiger partial charge in [-0.15, -0.1) is 11.3 Å². The molecule has 1 saturated heterocycles. The van der Waals surface area contributed by atoms with E-state index in [0.717, 1.165) is 24.6 Å². The van der Waals surface area contributed by atoms with Gasteiger partial charge in [0.15, 0.2) is 0 Å². The zero-order chi connectivity index (χ0) is 30.3. The highest BCUT2D eigenvalue weighted by Gasteiger charge is 2.32. The molecule has 222 valence electrons. The first kappa shape index (κ1) is 28.7. The molecular formula is C30H22F5N3O4S. The first-order valence-corrected chi connectivity index (χ1v) is 13.9. The topological polar surface area (TPSA) is 86.5 Å². The summed E-state index contributed by atoms with van der Waals surface area (Å²) in [6.07, 6.45) is -3.80. The number of benzene rings is 2.